The van der Waals surface area contributed by atoms with Gasteiger partial charge in [-0.05, 0) is 22.4 Å². The second kappa shape index (κ2) is 3.85. The highest BCUT2D eigenvalue weighted by Gasteiger charge is 2.07. The van der Waals surface area contributed by atoms with Crippen LogP contribution in [0.5, 0.6) is 0 Å². The molecular formula is C12H7ClN2S. The molecule has 0 unspecified atom stereocenters. The second-order valence-electron chi connectivity index (χ2n) is 3.39. The summed E-state index contributed by atoms with van der Waals surface area (Å²) in [5.41, 5.74) is 1.09. The molecule has 0 aliphatic carbocycles. The van der Waals surface area contributed by atoms with Crippen LogP contribution in [0, 0.1) is 0 Å². The van der Waals surface area contributed by atoms with Crippen molar-refractivity contribution in [2.24, 2.45) is 0 Å². The average Bonchev–Trinajstić information content (AvgIpc) is 2.75. The van der Waals surface area contributed by atoms with Crippen molar-refractivity contribution in [3.8, 4) is 10.6 Å². The number of nitrogens with zero attached hydrogens (tertiary/aromatic N) is 2. The molecule has 16 heavy (non-hydrogen) atoms. The van der Waals surface area contributed by atoms with E-state index < -0.39 is 0 Å². The number of fused-ring (bicyclic) bond motifs is 1. The Morgan fingerprint density at radius 1 is 0.938 bits per heavy atom. The van der Waals surface area contributed by atoms with E-state index in [2.05, 4.69) is 28.4 Å². The molecule has 1 heterocycles. The van der Waals surface area contributed by atoms with Gasteiger partial charge in [-0.25, -0.2) is 0 Å². The molecule has 2 nitrogen and oxygen atoms in total. The minimum Gasteiger partial charge on any atom is -0.137 e. The Balaban J connectivity index is 2.31. The summed E-state index contributed by atoms with van der Waals surface area (Å²) >= 11 is 7.21. The Kier molecular flexibility index (Phi) is 2.35. The smallest absolute Gasteiger partial charge is 0.137 e. The van der Waals surface area contributed by atoms with Crippen LogP contribution < -0.4 is 0 Å². The van der Waals surface area contributed by atoms with E-state index in [-0.39, 0.29) is 0 Å². The van der Waals surface area contributed by atoms with Gasteiger partial charge in [0.05, 0.1) is 0 Å². The molecule has 3 rings (SSSR count). The van der Waals surface area contributed by atoms with Gasteiger partial charge in [0, 0.05) is 5.56 Å². The van der Waals surface area contributed by atoms with E-state index in [1.165, 1.54) is 22.1 Å². The van der Waals surface area contributed by atoms with Crippen molar-refractivity contribution in [1.29, 1.82) is 0 Å². The summed E-state index contributed by atoms with van der Waals surface area (Å²) in [5, 5.41) is 11.1. The molecule has 0 aliphatic heterocycles. The third-order valence-electron chi connectivity index (χ3n) is 2.42. The minimum absolute atomic E-state index is 0.475. The van der Waals surface area contributed by atoms with Crippen molar-refractivity contribution in [2.75, 3.05) is 0 Å². The molecule has 4 heteroatoms. The van der Waals surface area contributed by atoms with E-state index >= 15 is 0 Å². The summed E-state index contributed by atoms with van der Waals surface area (Å²) in [4.78, 5) is 0. The number of benzene rings is 2. The van der Waals surface area contributed by atoms with Crippen LogP contribution in [0.15, 0.2) is 42.5 Å². The Morgan fingerprint density at radius 3 is 2.56 bits per heavy atom. The molecule has 0 aliphatic rings. The van der Waals surface area contributed by atoms with Crippen molar-refractivity contribution < 1.29 is 0 Å². The fourth-order valence-corrected chi connectivity index (χ4v) is 2.59. The lowest BCUT2D eigenvalue weighted by molar-refractivity contribution is 1.10. The van der Waals surface area contributed by atoms with Crippen molar-refractivity contribution in [2.45, 2.75) is 0 Å². The Labute approximate surface area is 102 Å². The first-order valence-electron chi connectivity index (χ1n) is 4.82. The maximum absolute atomic E-state index is 5.81. The molecular weight excluding hydrogens is 240 g/mol. The molecule has 78 valence electrons. The van der Waals surface area contributed by atoms with Crippen LogP contribution in [0.2, 0.25) is 4.47 Å². The average molecular weight is 247 g/mol. The predicted molar refractivity (Wildman–Crippen MR) is 67.9 cm³/mol. The largest absolute Gasteiger partial charge is 0.207 e. The molecule has 0 saturated carbocycles. The van der Waals surface area contributed by atoms with E-state index in [1.807, 2.05) is 24.3 Å². The van der Waals surface area contributed by atoms with Crippen LogP contribution >= 0.6 is 22.9 Å². The lowest BCUT2D eigenvalue weighted by Crippen LogP contribution is -1.80. The number of hydrogen-bond donors (Lipinski definition) is 0. The number of aromatic nitrogens is 2. The van der Waals surface area contributed by atoms with Gasteiger partial charge in [-0.3, -0.25) is 0 Å². The first-order chi connectivity index (χ1) is 7.84. The van der Waals surface area contributed by atoms with Crippen molar-refractivity contribution >= 4 is 33.7 Å². The van der Waals surface area contributed by atoms with Crippen LogP contribution in [0.3, 0.4) is 0 Å². The highest BCUT2D eigenvalue weighted by atomic mass is 35.5. The SMILES string of the molecule is Clc1nnc(-c2cccc3ccccc23)s1. The summed E-state index contributed by atoms with van der Waals surface area (Å²) in [6.45, 7) is 0. The van der Waals surface area contributed by atoms with Gasteiger partial charge in [0.1, 0.15) is 5.01 Å². The summed E-state index contributed by atoms with van der Waals surface area (Å²) in [6, 6.07) is 14.4. The zero-order valence-electron chi connectivity index (χ0n) is 8.22. The van der Waals surface area contributed by atoms with Crippen molar-refractivity contribution in [3.05, 3.63) is 46.9 Å². The van der Waals surface area contributed by atoms with Gasteiger partial charge in [0.15, 0.2) is 0 Å². The molecule has 0 atom stereocenters. The minimum atomic E-state index is 0.475. The van der Waals surface area contributed by atoms with Gasteiger partial charge >= 0.3 is 0 Å². The quantitative estimate of drug-likeness (QED) is 0.648. The van der Waals surface area contributed by atoms with Gasteiger partial charge in [-0.15, -0.1) is 10.2 Å². The molecule has 0 saturated heterocycles. The van der Waals surface area contributed by atoms with Gasteiger partial charge in [0.2, 0.25) is 4.47 Å². The van der Waals surface area contributed by atoms with Crippen LogP contribution in [0.1, 0.15) is 0 Å². The zero-order chi connectivity index (χ0) is 11.0. The highest BCUT2D eigenvalue weighted by molar-refractivity contribution is 7.18. The third kappa shape index (κ3) is 1.58. The van der Waals surface area contributed by atoms with Gasteiger partial charge < -0.3 is 0 Å². The van der Waals surface area contributed by atoms with Crippen LogP contribution in [0.25, 0.3) is 21.3 Å². The standard InChI is InChI=1S/C12H7ClN2S/c13-12-15-14-11(16-12)10-7-3-5-8-4-1-2-6-9(8)10/h1-7H. The molecule has 0 bridgehead atoms. The number of hydrogen-bond acceptors (Lipinski definition) is 3. The van der Waals surface area contributed by atoms with Crippen LogP contribution in [-0.4, -0.2) is 10.2 Å². The Morgan fingerprint density at radius 2 is 1.75 bits per heavy atom. The van der Waals surface area contributed by atoms with E-state index in [1.54, 1.807) is 0 Å². The number of halogens is 1. The zero-order valence-corrected chi connectivity index (χ0v) is 9.79. The molecule has 0 N–H and O–H groups in total. The molecule has 0 amide bonds. The second-order valence-corrected chi connectivity index (χ2v) is 4.95. The van der Waals surface area contributed by atoms with Crippen LogP contribution in [-0.2, 0) is 0 Å². The first kappa shape index (κ1) is 9.75. The summed E-state index contributed by atoms with van der Waals surface area (Å²) in [5.74, 6) is 0. The van der Waals surface area contributed by atoms with E-state index in [0.717, 1.165) is 10.6 Å². The third-order valence-corrected chi connectivity index (χ3v) is 3.47. The maximum Gasteiger partial charge on any atom is 0.207 e. The molecule has 0 spiro atoms. The number of rotatable bonds is 1. The molecule has 2 aromatic carbocycles. The summed E-state index contributed by atoms with van der Waals surface area (Å²) in [7, 11) is 0. The summed E-state index contributed by atoms with van der Waals surface area (Å²) in [6.07, 6.45) is 0. The lowest BCUT2D eigenvalue weighted by Gasteiger charge is -2.01. The molecule has 3 aromatic rings. The van der Waals surface area contributed by atoms with E-state index in [9.17, 15) is 0 Å². The fourth-order valence-electron chi connectivity index (χ4n) is 1.73. The molecule has 0 radical (unpaired) electrons. The fraction of sp³-hybridized carbons (Fsp3) is 0. The van der Waals surface area contributed by atoms with Crippen LogP contribution in [0.4, 0.5) is 0 Å². The van der Waals surface area contributed by atoms with Gasteiger partial charge in [-0.1, -0.05) is 53.8 Å². The Hall–Kier alpha value is -1.45. The Bertz CT molecular complexity index is 643. The first-order valence-corrected chi connectivity index (χ1v) is 6.01. The highest BCUT2D eigenvalue weighted by Crippen LogP contribution is 2.31. The predicted octanol–water partition coefficient (Wildman–Crippen LogP) is 4.01. The summed E-state index contributed by atoms with van der Waals surface area (Å²) < 4.78 is 0.475. The van der Waals surface area contributed by atoms with Crippen molar-refractivity contribution in [3.63, 3.8) is 0 Å². The normalized spacial score (nSPS) is 10.8. The lowest BCUT2D eigenvalue weighted by atomic mass is 10.1. The van der Waals surface area contributed by atoms with Gasteiger partial charge in [0.25, 0.3) is 0 Å². The molecule has 1 aromatic heterocycles. The van der Waals surface area contributed by atoms with Crippen molar-refractivity contribution in [1.82, 2.24) is 10.2 Å². The van der Waals surface area contributed by atoms with Gasteiger partial charge in [-0.2, -0.15) is 0 Å². The topological polar surface area (TPSA) is 25.8 Å². The maximum atomic E-state index is 5.81. The van der Waals surface area contributed by atoms with E-state index in [4.69, 9.17) is 11.6 Å². The van der Waals surface area contributed by atoms with E-state index in [0.29, 0.717) is 4.47 Å². The monoisotopic (exact) mass is 246 g/mol. The molecule has 0 fully saturated rings.